The van der Waals surface area contributed by atoms with Crippen molar-refractivity contribution in [3.05, 3.63) is 63.0 Å². The first kappa shape index (κ1) is 24.3. The standard InChI is InChI=1S/C25H25BrN2O5S/c1-2-32-21-13-18(7-10-20(21)33-16-23(29)27-11-3-4-12-27)14-22-24(30)28(25(31)34-22)15-17-5-8-19(26)9-6-17/h5-10,13-14H,2-4,11-12,15-16H2,1H3/b22-14-. The van der Waals surface area contributed by atoms with Gasteiger partial charge in [0.15, 0.2) is 18.1 Å². The van der Waals surface area contributed by atoms with Crippen LogP contribution in [-0.4, -0.2) is 53.2 Å². The third kappa shape index (κ3) is 5.82. The number of amides is 3. The first-order valence-corrected chi connectivity index (χ1v) is 12.7. The van der Waals surface area contributed by atoms with Crippen molar-refractivity contribution in [1.29, 1.82) is 0 Å². The Hall–Kier alpha value is -2.78. The number of carbonyl (C=O) groups excluding carboxylic acids is 3. The Balaban J connectivity index is 1.46. The minimum Gasteiger partial charge on any atom is -0.490 e. The van der Waals surface area contributed by atoms with Gasteiger partial charge in [-0.3, -0.25) is 19.3 Å². The molecule has 2 aromatic rings. The molecule has 7 nitrogen and oxygen atoms in total. The molecule has 3 amide bonds. The van der Waals surface area contributed by atoms with E-state index in [-0.39, 0.29) is 30.2 Å². The number of thioether (sulfide) groups is 1. The molecule has 0 aliphatic carbocycles. The van der Waals surface area contributed by atoms with Crippen LogP contribution in [0, 0.1) is 0 Å². The third-order valence-corrected chi connectivity index (χ3v) is 6.94. The SMILES string of the molecule is CCOc1cc(/C=C2\SC(=O)N(Cc3ccc(Br)cc3)C2=O)ccc1OCC(=O)N1CCCC1. The van der Waals surface area contributed by atoms with E-state index < -0.39 is 0 Å². The summed E-state index contributed by atoms with van der Waals surface area (Å²) in [5.74, 6) is 0.588. The van der Waals surface area contributed by atoms with Gasteiger partial charge in [-0.25, -0.2) is 0 Å². The van der Waals surface area contributed by atoms with Crippen molar-refractivity contribution in [3.63, 3.8) is 0 Å². The summed E-state index contributed by atoms with van der Waals surface area (Å²) >= 11 is 4.30. The Morgan fingerprint density at radius 1 is 1.06 bits per heavy atom. The van der Waals surface area contributed by atoms with Crippen LogP contribution in [0.25, 0.3) is 6.08 Å². The Labute approximate surface area is 211 Å². The van der Waals surface area contributed by atoms with E-state index in [1.165, 1.54) is 4.90 Å². The van der Waals surface area contributed by atoms with Crippen LogP contribution in [0.5, 0.6) is 11.5 Å². The highest BCUT2D eigenvalue weighted by Crippen LogP contribution is 2.35. The zero-order chi connectivity index (χ0) is 24.1. The molecule has 9 heteroatoms. The van der Waals surface area contributed by atoms with E-state index in [9.17, 15) is 14.4 Å². The fourth-order valence-corrected chi connectivity index (χ4v) is 4.86. The number of hydrogen-bond acceptors (Lipinski definition) is 6. The van der Waals surface area contributed by atoms with E-state index >= 15 is 0 Å². The van der Waals surface area contributed by atoms with Crippen LogP contribution in [0.3, 0.4) is 0 Å². The van der Waals surface area contributed by atoms with Crippen LogP contribution >= 0.6 is 27.7 Å². The molecule has 0 saturated carbocycles. The number of rotatable bonds is 8. The maximum atomic E-state index is 12.9. The van der Waals surface area contributed by atoms with E-state index in [0.29, 0.717) is 28.6 Å². The van der Waals surface area contributed by atoms with Crippen LogP contribution < -0.4 is 9.47 Å². The predicted molar refractivity (Wildman–Crippen MR) is 135 cm³/mol. The van der Waals surface area contributed by atoms with Gasteiger partial charge in [0.1, 0.15) is 0 Å². The molecule has 0 unspecified atom stereocenters. The van der Waals surface area contributed by atoms with Crippen molar-refractivity contribution in [1.82, 2.24) is 9.80 Å². The van der Waals surface area contributed by atoms with Gasteiger partial charge in [-0.05, 0) is 73.0 Å². The molecule has 0 radical (unpaired) electrons. The summed E-state index contributed by atoms with van der Waals surface area (Å²) in [7, 11) is 0. The van der Waals surface area contributed by atoms with E-state index in [2.05, 4.69) is 15.9 Å². The molecule has 178 valence electrons. The van der Waals surface area contributed by atoms with Gasteiger partial charge in [-0.2, -0.15) is 0 Å². The van der Waals surface area contributed by atoms with E-state index in [1.54, 1.807) is 29.2 Å². The van der Waals surface area contributed by atoms with Crippen molar-refractivity contribution >= 4 is 50.8 Å². The fraction of sp³-hybridized carbons (Fsp3) is 0.320. The highest BCUT2D eigenvalue weighted by molar-refractivity contribution is 9.10. The van der Waals surface area contributed by atoms with Gasteiger partial charge in [0.25, 0.3) is 17.1 Å². The molecule has 0 bridgehead atoms. The maximum Gasteiger partial charge on any atom is 0.293 e. The lowest BCUT2D eigenvalue weighted by Crippen LogP contribution is -2.32. The Morgan fingerprint density at radius 2 is 1.79 bits per heavy atom. The Kier molecular flexibility index (Phi) is 7.95. The molecule has 4 rings (SSSR count). The first-order chi connectivity index (χ1) is 16.4. The average molecular weight is 545 g/mol. The molecular weight excluding hydrogens is 520 g/mol. The van der Waals surface area contributed by atoms with Crippen molar-refractivity contribution in [2.45, 2.75) is 26.3 Å². The monoisotopic (exact) mass is 544 g/mol. The van der Waals surface area contributed by atoms with E-state index in [4.69, 9.17) is 9.47 Å². The van der Waals surface area contributed by atoms with Gasteiger partial charge in [-0.15, -0.1) is 0 Å². The first-order valence-electron chi connectivity index (χ1n) is 11.1. The summed E-state index contributed by atoms with van der Waals surface area (Å²) in [4.78, 5) is 41.1. The van der Waals surface area contributed by atoms with Crippen LogP contribution in [0.1, 0.15) is 30.9 Å². The largest absolute Gasteiger partial charge is 0.490 e. The summed E-state index contributed by atoms with van der Waals surface area (Å²) < 4.78 is 12.4. The Bertz CT molecular complexity index is 1110. The van der Waals surface area contributed by atoms with Crippen LogP contribution in [0.15, 0.2) is 51.8 Å². The molecule has 0 aromatic heterocycles. The number of carbonyl (C=O) groups is 3. The molecular formula is C25H25BrN2O5S. The van der Waals surface area contributed by atoms with Crippen molar-refractivity contribution < 1.29 is 23.9 Å². The van der Waals surface area contributed by atoms with Gasteiger partial charge < -0.3 is 14.4 Å². The second-order valence-corrected chi connectivity index (χ2v) is 9.82. The molecule has 0 atom stereocenters. The highest BCUT2D eigenvalue weighted by Gasteiger charge is 2.35. The number of halogens is 1. The smallest absolute Gasteiger partial charge is 0.293 e. The zero-order valence-corrected chi connectivity index (χ0v) is 21.2. The molecule has 34 heavy (non-hydrogen) atoms. The zero-order valence-electron chi connectivity index (χ0n) is 18.8. The quantitative estimate of drug-likeness (QED) is 0.431. The molecule has 2 heterocycles. The summed E-state index contributed by atoms with van der Waals surface area (Å²) in [5.41, 5.74) is 1.58. The lowest BCUT2D eigenvalue weighted by atomic mass is 10.1. The number of benzene rings is 2. The molecule has 2 aliphatic heterocycles. The topological polar surface area (TPSA) is 76.1 Å². The number of ether oxygens (including phenoxy) is 2. The highest BCUT2D eigenvalue weighted by atomic mass is 79.9. The van der Waals surface area contributed by atoms with Crippen molar-refractivity contribution in [2.75, 3.05) is 26.3 Å². The van der Waals surface area contributed by atoms with Crippen LogP contribution in [-0.2, 0) is 16.1 Å². The lowest BCUT2D eigenvalue weighted by Gasteiger charge is -2.17. The fourth-order valence-electron chi connectivity index (χ4n) is 3.76. The molecule has 2 fully saturated rings. The number of hydrogen-bond donors (Lipinski definition) is 0. The average Bonchev–Trinajstić information content (AvgIpc) is 3.45. The van der Waals surface area contributed by atoms with E-state index in [0.717, 1.165) is 47.7 Å². The summed E-state index contributed by atoms with van der Waals surface area (Å²) in [5, 5.41) is -0.301. The summed E-state index contributed by atoms with van der Waals surface area (Å²) in [6.07, 6.45) is 3.73. The minimum absolute atomic E-state index is 0.0385. The van der Waals surface area contributed by atoms with Crippen LogP contribution in [0.2, 0.25) is 0 Å². The van der Waals surface area contributed by atoms with Gasteiger partial charge in [0.05, 0.1) is 18.1 Å². The molecule has 2 aromatic carbocycles. The molecule has 2 saturated heterocycles. The number of likely N-dealkylation sites (tertiary alicyclic amines) is 1. The Morgan fingerprint density at radius 3 is 2.50 bits per heavy atom. The second-order valence-electron chi connectivity index (χ2n) is 7.91. The summed E-state index contributed by atoms with van der Waals surface area (Å²) in [6.45, 7) is 4.00. The van der Waals surface area contributed by atoms with Gasteiger partial charge in [-0.1, -0.05) is 34.1 Å². The number of imide groups is 1. The minimum atomic E-state index is -0.326. The third-order valence-electron chi connectivity index (χ3n) is 5.50. The number of nitrogens with zero attached hydrogens (tertiary/aromatic N) is 2. The van der Waals surface area contributed by atoms with Gasteiger partial charge >= 0.3 is 0 Å². The normalized spacial score (nSPS) is 17.1. The molecule has 0 spiro atoms. The van der Waals surface area contributed by atoms with Crippen molar-refractivity contribution in [3.8, 4) is 11.5 Å². The summed E-state index contributed by atoms with van der Waals surface area (Å²) in [6, 6.07) is 12.8. The lowest BCUT2D eigenvalue weighted by molar-refractivity contribution is -0.132. The van der Waals surface area contributed by atoms with E-state index in [1.807, 2.05) is 31.2 Å². The van der Waals surface area contributed by atoms with Gasteiger partial charge in [0.2, 0.25) is 0 Å². The van der Waals surface area contributed by atoms with Crippen molar-refractivity contribution in [2.24, 2.45) is 0 Å². The predicted octanol–water partition coefficient (Wildman–Crippen LogP) is 5.09. The molecule has 2 aliphatic rings. The second kappa shape index (κ2) is 11.1. The molecule has 0 N–H and O–H groups in total. The van der Waals surface area contributed by atoms with Crippen LogP contribution in [0.4, 0.5) is 4.79 Å². The van der Waals surface area contributed by atoms with Gasteiger partial charge in [0, 0.05) is 17.6 Å². The maximum absolute atomic E-state index is 12.9.